The van der Waals surface area contributed by atoms with E-state index in [1.54, 1.807) is 0 Å². The fourth-order valence-electron chi connectivity index (χ4n) is 10.3. The zero-order chi connectivity index (χ0) is 40.6. The molecule has 0 radical (unpaired) electrons. The third kappa shape index (κ3) is 6.00. The van der Waals surface area contributed by atoms with E-state index in [4.69, 9.17) is 9.97 Å². The van der Waals surface area contributed by atoms with Crippen molar-refractivity contribution in [2.75, 3.05) is 0 Å². The topological polar surface area (TPSA) is 25.8 Å². The highest BCUT2D eigenvalue weighted by Gasteiger charge is 2.41. The van der Waals surface area contributed by atoms with Crippen LogP contribution in [-0.4, -0.2) is 9.97 Å². The molecule has 60 heavy (non-hydrogen) atoms. The minimum Gasteiger partial charge on any atom is -0.232 e. The molecule has 4 aliphatic carbocycles. The molecule has 0 bridgehead atoms. The van der Waals surface area contributed by atoms with E-state index < -0.39 is 0 Å². The Labute approximate surface area is 354 Å². The van der Waals surface area contributed by atoms with Crippen molar-refractivity contribution in [3.63, 3.8) is 0 Å². The minimum absolute atomic E-state index is 0.0238. The fraction of sp³-hybridized carbons (Fsp3) is 0.172. The Morgan fingerprint density at radius 2 is 1.15 bits per heavy atom. The molecule has 2 nitrogen and oxygen atoms in total. The molecule has 0 aliphatic heterocycles. The minimum atomic E-state index is -0.0615. The molecule has 6 aromatic carbocycles. The first-order chi connectivity index (χ1) is 29.2. The van der Waals surface area contributed by atoms with Gasteiger partial charge in [0.15, 0.2) is 5.82 Å². The number of rotatable bonds is 6. The highest BCUT2D eigenvalue weighted by molar-refractivity contribution is 5.91. The van der Waals surface area contributed by atoms with Gasteiger partial charge >= 0.3 is 0 Å². The highest BCUT2D eigenvalue weighted by atomic mass is 14.9. The van der Waals surface area contributed by atoms with Crippen molar-refractivity contribution in [1.29, 1.82) is 0 Å². The van der Waals surface area contributed by atoms with Crippen LogP contribution >= 0.6 is 0 Å². The number of aromatic nitrogens is 2. The lowest BCUT2D eigenvalue weighted by Crippen LogP contribution is -2.16. The third-order valence-corrected chi connectivity index (χ3v) is 13.8. The highest BCUT2D eigenvalue weighted by Crippen LogP contribution is 2.56. The van der Waals surface area contributed by atoms with E-state index in [0.717, 1.165) is 47.6 Å². The van der Waals surface area contributed by atoms with Crippen LogP contribution in [0.25, 0.3) is 67.2 Å². The average Bonchev–Trinajstić information content (AvgIpc) is 3.67. The molecule has 1 heterocycles. The summed E-state index contributed by atoms with van der Waals surface area (Å²) in [4.78, 5) is 10.3. The average molecular weight is 773 g/mol. The molecule has 11 rings (SSSR count). The Kier molecular flexibility index (Phi) is 8.50. The van der Waals surface area contributed by atoms with Crippen LogP contribution in [0.4, 0.5) is 0 Å². The van der Waals surface area contributed by atoms with Crippen LogP contribution in [0, 0.1) is 0 Å². The van der Waals surface area contributed by atoms with E-state index in [1.165, 1.54) is 77.9 Å². The molecule has 1 aromatic heterocycles. The molecule has 0 N–H and O–H groups in total. The zero-order valence-corrected chi connectivity index (χ0v) is 34.8. The summed E-state index contributed by atoms with van der Waals surface area (Å²) >= 11 is 0. The summed E-state index contributed by atoms with van der Waals surface area (Å²) in [6.07, 6.45) is 16.7. The summed E-state index contributed by atoms with van der Waals surface area (Å²) in [5.74, 6) is 0.929. The van der Waals surface area contributed by atoms with Gasteiger partial charge < -0.3 is 0 Å². The third-order valence-electron chi connectivity index (χ3n) is 13.8. The summed E-state index contributed by atoms with van der Waals surface area (Å²) < 4.78 is 0. The van der Waals surface area contributed by atoms with Crippen molar-refractivity contribution < 1.29 is 0 Å². The van der Waals surface area contributed by atoms with Gasteiger partial charge in [-0.05, 0) is 121 Å². The van der Waals surface area contributed by atoms with Crippen LogP contribution in [0.5, 0.6) is 0 Å². The Morgan fingerprint density at radius 1 is 0.517 bits per heavy atom. The number of benzene rings is 6. The zero-order valence-electron chi connectivity index (χ0n) is 34.8. The molecular formula is C58H48N2. The number of allylic oxidation sites excluding steroid dienone is 8. The van der Waals surface area contributed by atoms with Crippen molar-refractivity contribution in [3.8, 4) is 56.0 Å². The van der Waals surface area contributed by atoms with Gasteiger partial charge in [0.25, 0.3) is 0 Å². The first-order valence-corrected chi connectivity index (χ1v) is 21.6. The Morgan fingerprint density at radius 3 is 1.87 bits per heavy atom. The van der Waals surface area contributed by atoms with Gasteiger partial charge in [-0.15, -0.1) is 0 Å². The van der Waals surface area contributed by atoms with Gasteiger partial charge in [0.05, 0.1) is 11.4 Å². The largest absolute Gasteiger partial charge is 0.232 e. The van der Waals surface area contributed by atoms with E-state index >= 15 is 0 Å². The molecular weight excluding hydrogens is 725 g/mol. The normalized spacial score (nSPS) is 17.6. The molecule has 0 amide bonds. The van der Waals surface area contributed by atoms with Crippen LogP contribution in [0.15, 0.2) is 176 Å². The summed E-state index contributed by atoms with van der Waals surface area (Å²) in [5.41, 5.74) is 22.9. The Hall–Kier alpha value is -6.64. The van der Waals surface area contributed by atoms with Crippen molar-refractivity contribution in [2.24, 2.45) is 0 Å². The molecule has 4 aliphatic rings. The molecule has 7 aromatic rings. The first-order valence-electron chi connectivity index (χ1n) is 21.6. The van der Waals surface area contributed by atoms with Crippen LogP contribution in [0.1, 0.15) is 91.9 Å². The van der Waals surface area contributed by atoms with E-state index in [0.29, 0.717) is 0 Å². The van der Waals surface area contributed by atoms with Gasteiger partial charge in [0.2, 0.25) is 0 Å². The summed E-state index contributed by atoms with van der Waals surface area (Å²) in [6, 6.07) is 51.7. The van der Waals surface area contributed by atoms with Crippen LogP contribution < -0.4 is 0 Å². The second-order valence-corrected chi connectivity index (χ2v) is 18.0. The SMILES string of the molecule is CC1(C)c2ccccc2-c2cc3c(cc21)-c1cc(-c2ccc(C4=CCC(c5cc(-c6ccc(C7=CC=CCC7)cc6)nc(-c6ccccc6)n5)C=C4)cc2)ccc1C3(C)C. The predicted molar refractivity (Wildman–Crippen MR) is 251 cm³/mol. The van der Waals surface area contributed by atoms with Gasteiger partial charge in [-0.1, -0.05) is 179 Å². The molecule has 1 atom stereocenters. The maximum absolute atomic E-state index is 5.16. The van der Waals surface area contributed by atoms with E-state index in [9.17, 15) is 0 Å². The maximum Gasteiger partial charge on any atom is 0.160 e. The lowest BCUT2D eigenvalue weighted by atomic mass is 9.79. The van der Waals surface area contributed by atoms with E-state index in [2.05, 4.69) is 198 Å². The molecule has 1 unspecified atom stereocenters. The van der Waals surface area contributed by atoms with Gasteiger partial charge in [0, 0.05) is 27.9 Å². The Bertz CT molecular complexity index is 2970. The molecule has 0 fully saturated rings. The van der Waals surface area contributed by atoms with Gasteiger partial charge in [-0.25, -0.2) is 9.97 Å². The van der Waals surface area contributed by atoms with Gasteiger partial charge in [-0.3, -0.25) is 0 Å². The van der Waals surface area contributed by atoms with Crippen molar-refractivity contribution >= 4 is 11.1 Å². The Balaban J connectivity index is 0.858. The quantitative estimate of drug-likeness (QED) is 0.168. The fourth-order valence-corrected chi connectivity index (χ4v) is 10.3. The number of fused-ring (bicyclic) bond motifs is 6. The number of hydrogen-bond acceptors (Lipinski definition) is 2. The second-order valence-electron chi connectivity index (χ2n) is 18.0. The van der Waals surface area contributed by atoms with Crippen LogP contribution in [0.3, 0.4) is 0 Å². The van der Waals surface area contributed by atoms with Crippen molar-refractivity contribution in [3.05, 3.63) is 215 Å². The van der Waals surface area contributed by atoms with Crippen molar-refractivity contribution in [2.45, 2.75) is 63.7 Å². The van der Waals surface area contributed by atoms with Crippen molar-refractivity contribution in [1.82, 2.24) is 9.97 Å². The summed E-state index contributed by atoms with van der Waals surface area (Å²) in [5, 5.41) is 0. The molecule has 2 heteroatoms. The van der Waals surface area contributed by atoms with Gasteiger partial charge in [0.1, 0.15) is 0 Å². The lowest BCUT2D eigenvalue weighted by molar-refractivity contribution is 0.652. The van der Waals surface area contributed by atoms with E-state index in [-0.39, 0.29) is 16.7 Å². The lowest BCUT2D eigenvalue weighted by Gasteiger charge is -2.24. The van der Waals surface area contributed by atoms with Gasteiger partial charge in [-0.2, -0.15) is 0 Å². The van der Waals surface area contributed by atoms with E-state index in [1.807, 2.05) is 6.07 Å². The second kappa shape index (κ2) is 14.0. The smallest absolute Gasteiger partial charge is 0.160 e. The molecule has 0 saturated carbocycles. The molecule has 0 spiro atoms. The molecule has 290 valence electrons. The predicted octanol–water partition coefficient (Wildman–Crippen LogP) is 15.0. The van der Waals surface area contributed by atoms with Crippen LogP contribution in [-0.2, 0) is 10.8 Å². The standard InChI is InChI=1S/C58H48N2/c1-57(2)50-18-12-11-17-46(50)48-34-53-49(35-52(48)57)47-33-45(31-32-51(47)58(53,3)4)41-21-19-39(20-22-41)40-25-29-43(30-26-40)55-36-54(59-56(60-55)44-15-9-6-10-16-44)42-27-23-38(24-28-42)37-13-7-5-8-14-37/h5-7,9-13,15-29,31-36,43H,8,14,30H2,1-4H3. The summed E-state index contributed by atoms with van der Waals surface area (Å²) in [7, 11) is 0. The summed E-state index contributed by atoms with van der Waals surface area (Å²) in [6.45, 7) is 9.53. The first kappa shape index (κ1) is 36.4. The van der Waals surface area contributed by atoms with Crippen LogP contribution in [0.2, 0.25) is 0 Å². The maximum atomic E-state index is 5.16. The number of nitrogens with zero attached hydrogens (tertiary/aromatic N) is 2. The number of hydrogen-bond donors (Lipinski definition) is 0. The monoisotopic (exact) mass is 772 g/mol. The molecule has 0 saturated heterocycles.